The van der Waals surface area contributed by atoms with E-state index in [9.17, 15) is 14.9 Å². The third kappa shape index (κ3) is 4.62. The van der Waals surface area contributed by atoms with E-state index in [0.29, 0.717) is 11.1 Å². The van der Waals surface area contributed by atoms with Gasteiger partial charge in [0.05, 0.1) is 17.2 Å². The van der Waals surface area contributed by atoms with Crippen LogP contribution in [0.25, 0.3) is 0 Å². The summed E-state index contributed by atoms with van der Waals surface area (Å²) in [5.74, 6) is 1.55. The number of ether oxygens (including phenoxy) is 1. The molecule has 184 valence electrons. The lowest BCUT2D eigenvalue weighted by atomic mass is 9.49. The zero-order valence-corrected chi connectivity index (χ0v) is 21.2. The second-order valence-electron chi connectivity index (χ2n) is 11.0. The van der Waals surface area contributed by atoms with E-state index in [-0.39, 0.29) is 34.8 Å². The van der Waals surface area contributed by atoms with Crippen molar-refractivity contribution in [1.82, 2.24) is 10.3 Å². The predicted molar refractivity (Wildman–Crippen MR) is 134 cm³/mol. The van der Waals surface area contributed by atoms with Gasteiger partial charge in [0.25, 0.3) is 5.91 Å². The molecule has 1 saturated heterocycles. The third-order valence-electron chi connectivity index (χ3n) is 7.75. The Morgan fingerprint density at radius 1 is 1.17 bits per heavy atom. The second kappa shape index (κ2) is 9.33. The first-order valence-electron chi connectivity index (χ1n) is 12.2. The molecule has 35 heavy (non-hydrogen) atoms. The maximum absolute atomic E-state index is 13.1. The molecule has 7 nitrogen and oxygen atoms in total. The van der Waals surface area contributed by atoms with Gasteiger partial charge in [-0.05, 0) is 55.7 Å². The van der Waals surface area contributed by atoms with E-state index in [2.05, 4.69) is 49.0 Å². The number of pyridine rings is 1. The van der Waals surface area contributed by atoms with Crippen LogP contribution in [0.2, 0.25) is 0 Å². The topological polar surface area (TPSA) is 95.3 Å². The number of aromatic nitrogens is 1. The minimum Gasteiger partial charge on any atom is -0.489 e. The summed E-state index contributed by atoms with van der Waals surface area (Å²) in [6.07, 6.45) is 4.24. The van der Waals surface area contributed by atoms with Gasteiger partial charge in [0.2, 0.25) is 0 Å². The van der Waals surface area contributed by atoms with Gasteiger partial charge in [0, 0.05) is 42.1 Å². The number of rotatable bonds is 6. The minimum absolute atomic E-state index is 0.0889. The van der Waals surface area contributed by atoms with Crippen molar-refractivity contribution in [3.8, 4) is 11.8 Å². The fourth-order valence-electron chi connectivity index (χ4n) is 5.96. The summed E-state index contributed by atoms with van der Waals surface area (Å²) in [4.78, 5) is 30.8. The molecular formula is C28H34N4O3. The molecule has 1 aromatic heterocycles. The molecule has 1 saturated carbocycles. The number of carbonyl (C=O) groups excluding carboxylic acids is 2. The first-order chi connectivity index (χ1) is 16.6. The molecule has 2 fully saturated rings. The van der Waals surface area contributed by atoms with Crippen LogP contribution in [-0.2, 0) is 4.79 Å². The van der Waals surface area contributed by atoms with Crippen molar-refractivity contribution in [1.29, 1.82) is 5.26 Å². The normalized spacial score (nSPS) is 23.0. The average molecular weight is 475 g/mol. The lowest BCUT2D eigenvalue weighted by Crippen LogP contribution is -2.74. The van der Waals surface area contributed by atoms with E-state index in [1.54, 1.807) is 12.3 Å². The van der Waals surface area contributed by atoms with Gasteiger partial charge in [-0.2, -0.15) is 5.26 Å². The van der Waals surface area contributed by atoms with Crippen LogP contribution < -0.4 is 15.0 Å². The van der Waals surface area contributed by atoms with E-state index in [1.807, 2.05) is 31.2 Å². The molecule has 1 aromatic carbocycles. The van der Waals surface area contributed by atoms with Crippen molar-refractivity contribution >= 4 is 18.0 Å². The molecule has 1 N–H and O–H groups in total. The van der Waals surface area contributed by atoms with Crippen molar-refractivity contribution < 1.29 is 14.3 Å². The predicted octanol–water partition coefficient (Wildman–Crippen LogP) is 4.29. The second-order valence-corrected chi connectivity index (χ2v) is 11.0. The largest absolute Gasteiger partial charge is 0.489 e. The van der Waals surface area contributed by atoms with Crippen LogP contribution in [0.4, 0.5) is 5.82 Å². The van der Waals surface area contributed by atoms with Crippen molar-refractivity contribution in [2.75, 3.05) is 18.0 Å². The number of amides is 1. The summed E-state index contributed by atoms with van der Waals surface area (Å²) in [5, 5.41) is 12.4. The third-order valence-corrected chi connectivity index (χ3v) is 7.75. The van der Waals surface area contributed by atoms with Crippen molar-refractivity contribution in [3.63, 3.8) is 0 Å². The Morgan fingerprint density at radius 3 is 2.40 bits per heavy atom. The summed E-state index contributed by atoms with van der Waals surface area (Å²) in [6, 6.07) is 11.3. The van der Waals surface area contributed by atoms with Gasteiger partial charge in [-0.15, -0.1) is 0 Å². The number of benzene rings is 1. The Kier molecular flexibility index (Phi) is 6.59. The van der Waals surface area contributed by atoms with E-state index >= 15 is 0 Å². The number of nitrogens with zero attached hydrogens (tertiary/aromatic N) is 3. The molecular weight excluding hydrogens is 440 g/mol. The van der Waals surface area contributed by atoms with Crippen molar-refractivity contribution in [2.45, 2.75) is 59.6 Å². The SMILES string of the molecule is Cc1cc(O[C@H]2C(C)(C)[C@H](NC(=O)c3ccc(N4CCC(C=O)CC4)nc3)C2(C)C)ccc1C#N. The highest BCUT2D eigenvalue weighted by molar-refractivity contribution is 5.94. The first kappa shape index (κ1) is 24.7. The number of carbonyl (C=O) groups is 2. The molecule has 0 unspecified atom stereocenters. The lowest BCUT2D eigenvalue weighted by molar-refractivity contribution is -0.164. The number of nitriles is 1. The van der Waals surface area contributed by atoms with Crippen molar-refractivity contribution in [3.05, 3.63) is 53.2 Å². The van der Waals surface area contributed by atoms with Crippen LogP contribution in [0, 0.1) is 35.0 Å². The smallest absolute Gasteiger partial charge is 0.253 e. The zero-order chi connectivity index (χ0) is 25.4. The summed E-state index contributed by atoms with van der Waals surface area (Å²) in [5.41, 5.74) is 1.46. The van der Waals surface area contributed by atoms with Crippen LogP contribution in [-0.4, -0.2) is 42.4 Å². The van der Waals surface area contributed by atoms with E-state index in [0.717, 1.165) is 49.3 Å². The fourth-order valence-corrected chi connectivity index (χ4v) is 5.96. The molecule has 1 amide bonds. The Balaban J connectivity index is 1.41. The molecule has 0 radical (unpaired) electrons. The summed E-state index contributed by atoms with van der Waals surface area (Å²) < 4.78 is 6.38. The van der Waals surface area contributed by atoms with Gasteiger partial charge in [0.15, 0.2) is 0 Å². The Bertz CT molecular complexity index is 1130. The molecule has 0 spiro atoms. The van der Waals surface area contributed by atoms with Crippen molar-refractivity contribution in [2.24, 2.45) is 16.7 Å². The zero-order valence-electron chi connectivity index (χ0n) is 21.2. The Labute approximate surface area is 207 Å². The molecule has 1 aliphatic heterocycles. The standard InChI is InChI=1S/C28H34N4O3/c1-18-14-22(8-6-20(18)15-29)35-26-27(2,3)25(28(26,4)5)31-24(34)21-7-9-23(30-16-21)32-12-10-19(17-33)11-13-32/h6-9,14,16-17,19,25-26H,10-13H2,1-5H3,(H,31,34)/t25-,26-. The number of aryl methyl sites for hydroxylation is 1. The van der Waals surface area contributed by atoms with Crippen LogP contribution in [0.5, 0.6) is 5.75 Å². The van der Waals surface area contributed by atoms with Gasteiger partial charge in [0.1, 0.15) is 24.0 Å². The van der Waals surface area contributed by atoms with Gasteiger partial charge in [-0.3, -0.25) is 4.79 Å². The lowest BCUT2D eigenvalue weighted by Gasteiger charge is -2.63. The van der Waals surface area contributed by atoms with Crippen LogP contribution in [0.1, 0.15) is 62.0 Å². The molecule has 0 bridgehead atoms. The maximum Gasteiger partial charge on any atom is 0.253 e. The maximum atomic E-state index is 13.1. The quantitative estimate of drug-likeness (QED) is 0.628. The van der Waals surface area contributed by atoms with Gasteiger partial charge in [-0.1, -0.05) is 27.7 Å². The minimum atomic E-state index is -0.294. The highest BCUT2D eigenvalue weighted by Gasteiger charge is 2.64. The Hall–Kier alpha value is -3.40. The number of hydrogen-bond acceptors (Lipinski definition) is 6. The first-order valence-corrected chi connectivity index (χ1v) is 12.2. The summed E-state index contributed by atoms with van der Waals surface area (Å²) in [7, 11) is 0. The molecule has 4 rings (SSSR count). The molecule has 2 aliphatic rings. The van der Waals surface area contributed by atoms with Gasteiger partial charge in [-0.25, -0.2) is 4.98 Å². The molecule has 2 aromatic rings. The van der Waals surface area contributed by atoms with Gasteiger partial charge < -0.3 is 19.7 Å². The number of nitrogens with one attached hydrogen (secondary N) is 1. The highest BCUT2D eigenvalue weighted by Crippen LogP contribution is 2.55. The Morgan fingerprint density at radius 2 is 1.86 bits per heavy atom. The number of anilines is 1. The number of hydrogen-bond donors (Lipinski definition) is 1. The molecule has 2 heterocycles. The van der Waals surface area contributed by atoms with Crippen LogP contribution >= 0.6 is 0 Å². The van der Waals surface area contributed by atoms with Crippen LogP contribution in [0.15, 0.2) is 36.5 Å². The van der Waals surface area contributed by atoms with E-state index in [1.165, 1.54) is 0 Å². The number of aldehydes is 1. The average Bonchev–Trinajstić information content (AvgIpc) is 2.85. The fraction of sp³-hybridized carbons (Fsp3) is 0.500. The molecule has 0 atom stereocenters. The molecule has 7 heteroatoms. The van der Waals surface area contributed by atoms with Crippen LogP contribution in [0.3, 0.4) is 0 Å². The highest BCUT2D eigenvalue weighted by atomic mass is 16.5. The molecule has 1 aliphatic carbocycles. The van der Waals surface area contributed by atoms with E-state index < -0.39 is 0 Å². The van der Waals surface area contributed by atoms with E-state index in [4.69, 9.17) is 4.74 Å². The number of piperidine rings is 1. The summed E-state index contributed by atoms with van der Waals surface area (Å²) in [6.45, 7) is 11.9. The van der Waals surface area contributed by atoms with Gasteiger partial charge >= 0.3 is 0 Å². The monoisotopic (exact) mass is 474 g/mol. The summed E-state index contributed by atoms with van der Waals surface area (Å²) >= 11 is 0.